The van der Waals surface area contributed by atoms with Crippen molar-refractivity contribution in [3.05, 3.63) is 121 Å². The maximum atomic E-state index is 12.4. The van der Waals surface area contributed by atoms with Gasteiger partial charge in [-0.25, -0.2) is 0 Å². The SMILES string of the molecule is C=C(/C=C\N=C(C)c1cccc(NC(=O)c2cccnc2)c1)Nc1ccc(-c2cn[nH]c2)cc1. The number of carbonyl (C=O) groups is 1. The van der Waals surface area contributed by atoms with E-state index in [1.54, 1.807) is 30.7 Å². The second kappa shape index (κ2) is 10.7. The molecular weight excluding hydrogens is 424 g/mol. The van der Waals surface area contributed by atoms with Crippen LogP contribution in [0.1, 0.15) is 22.8 Å². The number of aliphatic imine (C=N–C) groups is 1. The minimum atomic E-state index is -0.208. The van der Waals surface area contributed by atoms with Gasteiger partial charge in [-0.05, 0) is 60.5 Å². The molecule has 2 heterocycles. The fourth-order valence-corrected chi connectivity index (χ4v) is 3.22. The van der Waals surface area contributed by atoms with Crippen LogP contribution in [-0.4, -0.2) is 26.8 Å². The monoisotopic (exact) mass is 448 g/mol. The molecule has 0 saturated carbocycles. The summed E-state index contributed by atoms with van der Waals surface area (Å²) in [6, 6.07) is 19.0. The molecule has 2 aromatic heterocycles. The van der Waals surface area contributed by atoms with Gasteiger partial charge in [0.1, 0.15) is 0 Å². The normalized spacial score (nSPS) is 11.4. The third-order valence-corrected chi connectivity index (χ3v) is 5.03. The van der Waals surface area contributed by atoms with Crippen molar-refractivity contribution in [2.24, 2.45) is 4.99 Å². The maximum Gasteiger partial charge on any atom is 0.257 e. The van der Waals surface area contributed by atoms with Gasteiger partial charge in [0.25, 0.3) is 5.91 Å². The Morgan fingerprint density at radius 2 is 1.79 bits per heavy atom. The molecule has 7 heteroatoms. The Bertz CT molecular complexity index is 1320. The fraction of sp³-hybridized carbons (Fsp3) is 0.0370. The number of nitrogens with zero attached hydrogens (tertiary/aromatic N) is 3. The first-order valence-corrected chi connectivity index (χ1v) is 10.7. The number of amides is 1. The van der Waals surface area contributed by atoms with Crippen LogP contribution in [0.3, 0.4) is 0 Å². The lowest BCUT2D eigenvalue weighted by Crippen LogP contribution is -2.12. The Kier molecular flexibility index (Phi) is 7.05. The molecule has 0 saturated heterocycles. The summed E-state index contributed by atoms with van der Waals surface area (Å²) in [6.45, 7) is 5.95. The van der Waals surface area contributed by atoms with Crippen LogP contribution in [0.5, 0.6) is 0 Å². The highest BCUT2D eigenvalue weighted by molar-refractivity contribution is 6.05. The van der Waals surface area contributed by atoms with E-state index in [1.165, 1.54) is 6.20 Å². The van der Waals surface area contributed by atoms with E-state index >= 15 is 0 Å². The summed E-state index contributed by atoms with van der Waals surface area (Å²) in [5.41, 5.74) is 6.67. The molecule has 4 rings (SSSR count). The molecule has 0 aliphatic heterocycles. The molecule has 0 spiro atoms. The number of H-pyrrole nitrogens is 1. The summed E-state index contributed by atoms with van der Waals surface area (Å²) >= 11 is 0. The summed E-state index contributed by atoms with van der Waals surface area (Å²) in [5, 5.41) is 12.9. The van der Waals surface area contributed by atoms with Gasteiger partial charge >= 0.3 is 0 Å². The third kappa shape index (κ3) is 5.92. The van der Waals surface area contributed by atoms with E-state index in [-0.39, 0.29) is 5.91 Å². The Balaban J connectivity index is 1.35. The number of pyridine rings is 1. The first-order chi connectivity index (χ1) is 16.6. The quantitative estimate of drug-likeness (QED) is 0.239. The Morgan fingerprint density at radius 3 is 2.53 bits per heavy atom. The largest absolute Gasteiger partial charge is 0.356 e. The molecule has 3 N–H and O–H groups in total. The van der Waals surface area contributed by atoms with Gasteiger partial charge in [-0.2, -0.15) is 5.10 Å². The minimum Gasteiger partial charge on any atom is -0.356 e. The van der Waals surface area contributed by atoms with Crippen molar-refractivity contribution in [1.82, 2.24) is 15.2 Å². The highest BCUT2D eigenvalue weighted by Gasteiger charge is 2.06. The van der Waals surface area contributed by atoms with Crippen molar-refractivity contribution in [1.29, 1.82) is 0 Å². The highest BCUT2D eigenvalue weighted by atomic mass is 16.1. The maximum absolute atomic E-state index is 12.4. The van der Waals surface area contributed by atoms with Gasteiger partial charge in [-0.15, -0.1) is 0 Å². The lowest BCUT2D eigenvalue weighted by atomic mass is 10.1. The Labute approximate surface area is 198 Å². The summed E-state index contributed by atoms with van der Waals surface area (Å²) in [4.78, 5) is 20.8. The Morgan fingerprint density at radius 1 is 0.971 bits per heavy atom. The summed E-state index contributed by atoms with van der Waals surface area (Å²) in [7, 11) is 0. The van der Waals surface area contributed by atoms with Crippen LogP contribution in [-0.2, 0) is 0 Å². The zero-order chi connectivity index (χ0) is 23.8. The predicted molar refractivity (Wildman–Crippen MR) is 137 cm³/mol. The van der Waals surface area contributed by atoms with E-state index in [0.29, 0.717) is 16.9 Å². The molecule has 7 nitrogen and oxygen atoms in total. The van der Waals surface area contributed by atoms with Crippen molar-refractivity contribution in [3.63, 3.8) is 0 Å². The number of aromatic amines is 1. The molecular formula is C27H24N6O. The molecule has 2 aromatic carbocycles. The first kappa shape index (κ1) is 22.4. The number of hydrogen-bond donors (Lipinski definition) is 3. The Hall–Kier alpha value is -4.78. The summed E-state index contributed by atoms with van der Waals surface area (Å²) in [5.74, 6) is -0.208. The lowest BCUT2D eigenvalue weighted by molar-refractivity contribution is 0.102. The summed E-state index contributed by atoms with van der Waals surface area (Å²) in [6.07, 6.45) is 10.3. The molecule has 0 aliphatic rings. The number of carbonyl (C=O) groups excluding carboxylic acids is 1. The van der Waals surface area contributed by atoms with E-state index in [4.69, 9.17) is 0 Å². The fourth-order valence-electron chi connectivity index (χ4n) is 3.22. The third-order valence-electron chi connectivity index (χ3n) is 5.03. The standard InChI is InChI=1S/C27H24N6O/c1-19(32-25-10-8-21(9-11-25)24-17-30-31-18-24)12-14-29-20(2)22-5-3-7-26(15-22)33-27(34)23-6-4-13-28-16-23/h3-18,32H,1H2,2H3,(H,30,31)(H,33,34)/b14-12-,29-20?. The van der Waals surface area contributed by atoms with Gasteiger partial charge in [0.05, 0.1) is 11.8 Å². The molecule has 4 aromatic rings. The molecule has 0 atom stereocenters. The number of rotatable bonds is 8. The van der Waals surface area contributed by atoms with E-state index in [9.17, 15) is 4.79 Å². The number of anilines is 2. The average molecular weight is 449 g/mol. The van der Waals surface area contributed by atoms with Crippen LogP contribution in [0.2, 0.25) is 0 Å². The van der Waals surface area contributed by atoms with E-state index < -0.39 is 0 Å². The van der Waals surface area contributed by atoms with Gasteiger partial charge in [0.2, 0.25) is 0 Å². The smallest absolute Gasteiger partial charge is 0.257 e. The van der Waals surface area contributed by atoms with Crippen molar-refractivity contribution in [3.8, 4) is 11.1 Å². The van der Waals surface area contributed by atoms with Crippen molar-refractivity contribution in [2.45, 2.75) is 6.92 Å². The molecule has 0 radical (unpaired) electrons. The summed E-state index contributed by atoms with van der Waals surface area (Å²) < 4.78 is 0. The number of allylic oxidation sites excluding steroid dienone is 1. The molecule has 0 unspecified atom stereocenters. The number of aromatic nitrogens is 3. The van der Waals surface area contributed by atoms with Crippen LogP contribution in [0.25, 0.3) is 11.1 Å². The second-order valence-electron chi connectivity index (χ2n) is 7.52. The highest BCUT2D eigenvalue weighted by Crippen LogP contribution is 2.20. The molecule has 168 valence electrons. The average Bonchev–Trinajstić information content (AvgIpc) is 3.40. The van der Waals surface area contributed by atoms with Gasteiger partial charge in [0.15, 0.2) is 0 Å². The van der Waals surface area contributed by atoms with Crippen molar-refractivity contribution < 1.29 is 4.79 Å². The predicted octanol–water partition coefficient (Wildman–Crippen LogP) is 5.67. The number of nitrogens with one attached hydrogen (secondary N) is 3. The van der Waals surface area contributed by atoms with Gasteiger partial charge in [-0.3, -0.25) is 19.9 Å². The van der Waals surface area contributed by atoms with E-state index in [2.05, 4.69) is 37.4 Å². The van der Waals surface area contributed by atoms with Gasteiger partial charge in [-0.1, -0.05) is 30.8 Å². The van der Waals surface area contributed by atoms with Crippen LogP contribution in [0.4, 0.5) is 11.4 Å². The zero-order valence-corrected chi connectivity index (χ0v) is 18.7. The first-order valence-electron chi connectivity index (χ1n) is 10.7. The topological polar surface area (TPSA) is 95.1 Å². The molecule has 0 aliphatic carbocycles. The van der Waals surface area contributed by atoms with Crippen molar-refractivity contribution >= 4 is 23.0 Å². The van der Waals surface area contributed by atoms with Crippen LogP contribution in [0.15, 0.2) is 115 Å². The number of hydrogen-bond acceptors (Lipinski definition) is 5. The second-order valence-corrected chi connectivity index (χ2v) is 7.52. The molecule has 34 heavy (non-hydrogen) atoms. The van der Waals surface area contributed by atoms with Crippen LogP contribution < -0.4 is 10.6 Å². The molecule has 0 bridgehead atoms. The van der Waals surface area contributed by atoms with E-state index in [1.807, 2.05) is 67.7 Å². The molecule has 1 amide bonds. The van der Waals surface area contributed by atoms with Gasteiger partial charge in [0, 0.05) is 53.1 Å². The lowest BCUT2D eigenvalue weighted by Gasteiger charge is -2.07. The van der Waals surface area contributed by atoms with Crippen LogP contribution in [0, 0.1) is 0 Å². The number of benzene rings is 2. The van der Waals surface area contributed by atoms with Crippen molar-refractivity contribution in [2.75, 3.05) is 10.6 Å². The molecule has 0 fully saturated rings. The van der Waals surface area contributed by atoms with Gasteiger partial charge < -0.3 is 10.6 Å². The van der Waals surface area contributed by atoms with E-state index in [0.717, 1.165) is 28.1 Å². The zero-order valence-electron chi connectivity index (χ0n) is 18.7. The minimum absolute atomic E-state index is 0.208. The van der Waals surface area contributed by atoms with Crippen LogP contribution >= 0.6 is 0 Å².